The zero-order valence-corrected chi connectivity index (χ0v) is 22.7. The molecule has 1 unspecified atom stereocenters. The molecule has 1 aromatic heterocycles. The molecule has 2 aliphatic rings. The van der Waals surface area contributed by atoms with Crippen molar-refractivity contribution < 1.29 is 14.3 Å². The summed E-state index contributed by atoms with van der Waals surface area (Å²) < 4.78 is 8.01. The van der Waals surface area contributed by atoms with Crippen LogP contribution in [0.1, 0.15) is 57.1 Å². The van der Waals surface area contributed by atoms with Crippen LogP contribution >= 0.6 is 0 Å². The van der Waals surface area contributed by atoms with Gasteiger partial charge < -0.3 is 14.5 Å². The van der Waals surface area contributed by atoms with E-state index >= 15 is 0 Å². The van der Waals surface area contributed by atoms with E-state index < -0.39 is 6.04 Å². The number of hydrogen-bond donors (Lipinski definition) is 0. The maximum atomic E-state index is 13.1. The number of aromatic nitrogens is 3. The molecule has 3 heterocycles. The Morgan fingerprint density at radius 2 is 1.64 bits per heavy atom. The van der Waals surface area contributed by atoms with E-state index in [0.29, 0.717) is 25.3 Å². The maximum Gasteiger partial charge on any atom is 0.350 e. The minimum Gasteiger partial charge on any atom is -0.467 e. The Morgan fingerprint density at radius 3 is 2.33 bits per heavy atom. The lowest BCUT2D eigenvalue weighted by Crippen LogP contribution is -2.49. The number of anilines is 1. The van der Waals surface area contributed by atoms with E-state index in [1.165, 1.54) is 11.8 Å². The fourth-order valence-electron chi connectivity index (χ4n) is 5.83. The Hall–Kier alpha value is -3.88. The predicted octanol–water partition coefficient (Wildman–Crippen LogP) is 3.80. The average molecular weight is 532 g/mol. The second kappa shape index (κ2) is 11.9. The first-order valence-corrected chi connectivity index (χ1v) is 13.9. The van der Waals surface area contributed by atoms with Gasteiger partial charge in [0.1, 0.15) is 12.4 Å². The number of rotatable bonds is 7. The van der Waals surface area contributed by atoms with Gasteiger partial charge in [0.2, 0.25) is 5.91 Å². The number of esters is 1. The lowest BCUT2D eigenvalue weighted by atomic mass is 9.91. The first kappa shape index (κ1) is 26.7. The number of likely N-dealkylation sites (tertiary alicyclic amines) is 1. The predicted molar refractivity (Wildman–Crippen MR) is 149 cm³/mol. The van der Waals surface area contributed by atoms with Gasteiger partial charge in [0, 0.05) is 31.7 Å². The van der Waals surface area contributed by atoms with Crippen molar-refractivity contribution in [2.24, 2.45) is 5.92 Å². The highest BCUT2D eigenvalue weighted by Crippen LogP contribution is 2.28. The highest BCUT2D eigenvalue weighted by molar-refractivity contribution is 5.84. The van der Waals surface area contributed by atoms with E-state index in [1.807, 2.05) is 61.5 Å². The SMILES string of the molecule is COC(=O)[C@@H]1CCCCN1C(=O)CC1CCN(c2ccc(-n3cnn(C(C)c4ccccc4)c3=O)cc2)CC1. The lowest BCUT2D eigenvalue weighted by Gasteiger charge is -2.37. The summed E-state index contributed by atoms with van der Waals surface area (Å²) in [5.41, 5.74) is 2.73. The number of benzene rings is 2. The maximum absolute atomic E-state index is 13.1. The number of amides is 1. The molecule has 0 aliphatic carbocycles. The van der Waals surface area contributed by atoms with Gasteiger partial charge in [0.15, 0.2) is 0 Å². The molecule has 0 radical (unpaired) electrons. The molecular weight excluding hydrogens is 494 g/mol. The zero-order valence-electron chi connectivity index (χ0n) is 22.7. The van der Waals surface area contributed by atoms with Crippen molar-refractivity contribution in [3.8, 4) is 5.69 Å². The van der Waals surface area contributed by atoms with Crippen molar-refractivity contribution >= 4 is 17.6 Å². The topological polar surface area (TPSA) is 89.7 Å². The van der Waals surface area contributed by atoms with Gasteiger partial charge in [-0.25, -0.2) is 18.8 Å². The molecule has 2 atom stereocenters. The zero-order chi connectivity index (χ0) is 27.4. The second-order valence-electron chi connectivity index (χ2n) is 10.6. The average Bonchev–Trinajstić information content (AvgIpc) is 3.38. The molecule has 2 saturated heterocycles. The first-order chi connectivity index (χ1) is 19.0. The van der Waals surface area contributed by atoms with Gasteiger partial charge >= 0.3 is 11.7 Å². The van der Waals surface area contributed by atoms with Crippen LogP contribution in [-0.4, -0.2) is 63.9 Å². The number of carbonyl (C=O) groups excluding carboxylic acids is 2. The van der Waals surface area contributed by atoms with Gasteiger partial charge in [-0.1, -0.05) is 30.3 Å². The van der Waals surface area contributed by atoms with Crippen LogP contribution in [-0.2, 0) is 14.3 Å². The highest BCUT2D eigenvalue weighted by atomic mass is 16.5. The first-order valence-electron chi connectivity index (χ1n) is 13.9. The Morgan fingerprint density at radius 1 is 0.949 bits per heavy atom. The van der Waals surface area contributed by atoms with Gasteiger partial charge in [-0.2, -0.15) is 5.10 Å². The van der Waals surface area contributed by atoms with Crippen LogP contribution < -0.4 is 10.6 Å². The number of ether oxygens (including phenoxy) is 1. The molecule has 0 bridgehead atoms. The van der Waals surface area contributed by atoms with Crippen molar-refractivity contribution in [1.29, 1.82) is 0 Å². The molecule has 0 spiro atoms. The number of piperidine rings is 2. The van der Waals surface area contributed by atoms with Crippen LogP contribution in [0.25, 0.3) is 5.69 Å². The standard InChI is InChI=1S/C30H37N5O4/c1-22(24-8-4-3-5-9-24)35-30(38)34(21-31-35)26-13-11-25(12-14-26)32-18-15-23(16-19-32)20-28(36)33-17-7-6-10-27(33)29(37)39-2/h3-5,8-9,11-14,21-23,27H,6-7,10,15-20H2,1-2H3/t22?,27-/m0/s1. The van der Waals surface area contributed by atoms with E-state index in [9.17, 15) is 14.4 Å². The Bertz CT molecular complexity index is 1330. The van der Waals surface area contributed by atoms with Crippen molar-refractivity contribution in [3.05, 3.63) is 77.0 Å². The molecule has 0 saturated carbocycles. The summed E-state index contributed by atoms with van der Waals surface area (Å²) >= 11 is 0. The summed E-state index contributed by atoms with van der Waals surface area (Å²) in [6.07, 6.45) is 6.48. The molecule has 9 heteroatoms. The Kier molecular flexibility index (Phi) is 8.14. The largest absolute Gasteiger partial charge is 0.467 e. The van der Waals surface area contributed by atoms with Crippen molar-refractivity contribution in [1.82, 2.24) is 19.2 Å². The molecule has 2 aromatic carbocycles. The second-order valence-corrected chi connectivity index (χ2v) is 10.6. The summed E-state index contributed by atoms with van der Waals surface area (Å²) in [5, 5.41) is 4.37. The third-order valence-electron chi connectivity index (χ3n) is 8.21. The highest BCUT2D eigenvalue weighted by Gasteiger charge is 2.34. The summed E-state index contributed by atoms with van der Waals surface area (Å²) in [5.74, 6) is 0.0753. The molecule has 3 aromatic rings. The van der Waals surface area contributed by atoms with E-state index in [4.69, 9.17) is 4.74 Å². The molecule has 206 valence electrons. The third-order valence-corrected chi connectivity index (χ3v) is 8.21. The molecule has 2 aliphatic heterocycles. The van der Waals surface area contributed by atoms with Gasteiger partial charge in [-0.05, 0) is 74.8 Å². The molecule has 5 rings (SSSR count). The van der Waals surface area contributed by atoms with Crippen molar-refractivity contribution in [2.45, 2.75) is 57.5 Å². The fourth-order valence-corrected chi connectivity index (χ4v) is 5.83. The third kappa shape index (κ3) is 5.77. The summed E-state index contributed by atoms with van der Waals surface area (Å²) in [4.78, 5) is 42.3. The minimum absolute atomic E-state index is 0.0699. The number of methoxy groups -OCH3 is 1. The summed E-state index contributed by atoms with van der Waals surface area (Å²) in [6, 6.07) is 17.3. The molecule has 2 fully saturated rings. The smallest absolute Gasteiger partial charge is 0.350 e. The van der Waals surface area contributed by atoms with Crippen LogP contribution in [0, 0.1) is 5.92 Å². The van der Waals surface area contributed by atoms with Crippen LogP contribution in [0.3, 0.4) is 0 Å². The quantitative estimate of drug-likeness (QED) is 0.431. The van der Waals surface area contributed by atoms with E-state index in [1.54, 1.807) is 15.8 Å². The van der Waals surface area contributed by atoms with Crippen molar-refractivity contribution in [2.75, 3.05) is 31.6 Å². The number of nitrogens with zero attached hydrogens (tertiary/aromatic N) is 5. The van der Waals surface area contributed by atoms with Crippen LogP contribution in [0.15, 0.2) is 65.7 Å². The van der Waals surface area contributed by atoms with Crippen LogP contribution in [0.5, 0.6) is 0 Å². The Labute approximate surface area is 229 Å². The molecular formula is C30H37N5O4. The van der Waals surface area contributed by atoms with E-state index in [2.05, 4.69) is 10.00 Å². The summed E-state index contributed by atoms with van der Waals surface area (Å²) in [7, 11) is 1.39. The fraction of sp³-hybridized carbons (Fsp3) is 0.467. The lowest BCUT2D eigenvalue weighted by molar-refractivity contribution is -0.155. The normalized spacial score (nSPS) is 19.1. The number of carbonyl (C=O) groups is 2. The van der Waals surface area contributed by atoms with E-state index in [0.717, 1.165) is 55.7 Å². The molecule has 39 heavy (non-hydrogen) atoms. The van der Waals surface area contributed by atoms with Crippen molar-refractivity contribution in [3.63, 3.8) is 0 Å². The summed E-state index contributed by atoms with van der Waals surface area (Å²) in [6.45, 7) is 4.34. The van der Waals surface area contributed by atoms with Gasteiger partial charge in [-0.15, -0.1) is 0 Å². The van der Waals surface area contributed by atoms with E-state index in [-0.39, 0.29) is 23.6 Å². The van der Waals surface area contributed by atoms with Gasteiger partial charge in [0.25, 0.3) is 0 Å². The monoisotopic (exact) mass is 531 g/mol. The molecule has 9 nitrogen and oxygen atoms in total. The minimum atomic E-state index is -0.434. The molecule has 0 N–H and O–H groups in total. The number of hydrogen-bond acceptors (Lipinski definition) is 6. The molecule has 1 amide bonds. The van der Waals surface area contributed by atoms with Crippen LogP contribution in [0.2, 0.25) is 0 Å². The van der Waals surface area contributed by atoms with Gasteiger partial charge in [-0.3, -0.25) is 4.79 Å². The Balaban J connectivity index is 1.18. The van der Waals surface area contributed by atoms with Crippen LogP contribution in [0.4, 0.5) is 5.69 Å². The van der Waals surface area contributed by atoms with Gasteiger partial charge in [0.05, 0.1) is 18.8 Å².